The van der Waals surface area contributed by atoms with Crippen molar-refractivity contribution in [2.75, 3.05) is 24.6 Å². The number of ether oxygens (including phenoxy) is 1. The molecule has 0 saturated carbocycles. The van der Waals surface area contributed by atoms with Crippen molar-refractivity contribution >= 4 is 17.8 Å². The number of carbonyl (C=O) groups is 1. The molecule has 3 N–H and O–H groups in total. The maximum Gasteiger partial charge on any atom is 0.240 e. The fraction of sp³-hybridized carbons (Fsp3) is 0.391. The van der Waals surface area contributed by atoms with Gasteiger partial charge in [-0.1, -0.05) is 12.1 Å². The lowest BCUT2D eigenvalue weighted by molar-refractivity contribution is -0.121. The Kier molecular flexibility index (Phi) is 9.15. The van der Waals surface area contributed by atoms with Crippen molar-refractivity contribution in [2.45, 2.75) is 39.7 Å². The Labute approximate surface area is 178 Å². The third kappa shape index (κ3) is 6.77. The number of amides is 1. The molecule has 0 fully saturated rings. The number of nitrogens with one attached hydrogen (secondary N) is 1. The van der Waals surface area contributed by atoms with Crippen LogP contribution in [0.25, 0.3) is 0 Å². The molecule has 0 aliphatic carbocycles. The van der Waals surface area contributed by atoms with Gasteiger partial charge < -0.3 is 19.8 Å². The van der Waals surface area contributed by atoms with Gasteiger partial charge in [-0.15, -0.1) is 0 Å². The molecule has 2 rings (SSSR count). The number of anilines is 1. The molecule has 1 atom stereocenters. The van der Waals surface area contributed by atoms with Gasteiger partial charge in [-0.3, -0.25) is 4.79 Å². The second-order valence-electron chi connectivity index (χ2n) is 6.77. The zero-order valence-electron chi connectivity index (χ0n) is 17.8. The normalized spacial score (nSPS) is 12.0. The van der Waals surface area contributed by atoms with Crippen LogP contribution >= 0.6 is 0 Å². The fourth-order valence-electron chi connectivity index (χ4n) is 3.04. The number of benzene rings is 2. The molecule has 1 unspecified atom stereocenters. The van der Waals surface area contributed by atoms with Gasteiger partial charge in [0.05, 0.1) is 18.9 Å². The summed E-state index contributed by atoms with van der Waals surface area (Å²) in [7, 11) is 0. The topological polar surface area (TPSA) is 94.4 Å². The van der Waals surface area contributed by atoms with Crippen molar-refractivity contribution in [1.82, 2.24) is 5.43 Å². The molecule has 0 aliphatic heterocycles. The van der Waals surface area contributed by atoms with Crippen molar-refractivity contribution < 1.29 is 19.7 Å². The number of carbonyl (C=O) groups excluding carboxylic acids is 1. The molecule has 2 aromatic rings. The number of hydrogen-bond donors (Lipinski definition) is 3. The number of aliphatic hydroxyl groups is 1. The Morgan fingerprint density at radius 1 is 1.17 bits per heavy atom. The van der Waals surface area contributed by atoms with Crippen molar-refractivity contribution in [3.05, 3.63) is 53.6 Å². The van der Waals surface area contributed by atoms with Gasteiger partial charge >= 0.3 is 0 Å². The highest BCUT2D eigenvalue weighted by Gasteiger charge is 2.11. The highest BCUT2D eigenvalue weighted by atomic mass is 16.5. The van der Waals surface area contributed by atoms with E-state index in [2.05, 4.69) is 29.3 Å². The van der Waals surface area contributed by atoms with Crippen LogP contribution in [0.15, 0.2) is 47.6 Å². The van der Waals surface area contributed by atoms with E-state index in [0.29, 0.717) is 12.2 Å². The van der Waals surface area contributed by atoms with E-state index >= 15 is 0 Å². The number of hydrogen-bond acceptors (Lipinski definition) is 6. The second-order valence-corrected chi connectivity index (χ2v) is 6.77. The summed E-state index contributed by atoms with van der Waals surface area (Å²) >= 11 is 0. The highest BCUT2D eigenvalue weighted by molar-refractivity contribution is 5.86. The molecule has 7 nitrogen and oxygen atoms in total. The van der Waals surface area contributed by atoms with E-state index < -0.39 is 6.10 Å². The summed E-state index contributed by atoms with van der Waals surface area (Å²) in [6, 6.07) is 12.5. The van der Waals surface area contributed by atoms with Crippen LogP contribution in [-0.2, 0) is 4.79 Å². The van der Waals surface area contributed by atoms with E-state index in [-0.39, 0.29) is 24.5 Å². The predicted octanol–water partition coefficient (Wildman–Crippen LogP) is 3.60. The molecule has 0 heterocycles. The fourth-order valence-corrected chi connectivity index (χ4v) is 3.04. The molecule has 0 radical (unpaired) electrons. The molecular weight excluding hydrogens is 382 g/mol. The van der Waals surface area contributed by atoms with E-state index in [1.165, 1.54) is 6.21 Å². The van der Waals surface area contributed by atoms with Gasteiger partial charge in [-0.25, -0.2) is 5.43 Å². The summed E-state index contributed by atoms with van der Waals surface area (Å²) in [5.41, 5.74) is 4.61. The van der Waals surface area contributed by atoms with E-state index in [1.54, 1.807) is 36.4 Å². The Morgan fingerprint density at radius 3 is 2.47 bits per heavy atom. The number of aliphatic hydroxyl groups excluding tert-OH is 1. The van der Waals surface area contributed by atoms with Crippen LogP contribution in [-0.4, -0.2) is 42.0 Å². The molecule has 30 heavy (non-hydrogen) atoms. The van der Waals surface area contributed by atoms with Crippen LogP contribution in [0.2, 0.25) is 0 Å². The van der Waals surface area contributed by atoms with Gasteiger partial charge in [0.15, 0.2) is 0 Å². The van der Waals surface area contributed by atoms with Crippen molar-refractivity contribution in [1.29, 1.82) is 0 Å². The lowest BCUT2D eigenvalue weighted by atomic mass is 10.0. The third-order valence-corrected chi connectivity index (χ3v) is 4.76. The Balaban J connectivity index is 1.83. The average molecular weight is 414 g/mol. The molecule has 162 valence electrons. The smallest absolute Gasteiger partial charge is 0.240 e. The number of aromatic hydroxyl groups is 1. The maximum atomic E-state index is 12.0. The van der Waals surface area contributed by atoms with Crippen LogP contribution in [0.5, 0.6) is 11.5 Å². The van der Waals surface area contributed by atoms with Crippen LogP contribution in [0.1, 0.15) is 50.8 Å². The van der Waals surface area contributed by atoms with Crippen LogP contribution < -0.4 is 15.1 Å². The summed E-state index contributed by atoms with van der Waals surface area (Å²) in [5.74, 6) is 0.535. The van der Waals surface area contributed by atoms with Crippen molar-refractivity contribution in [3.63, 3.8) is 0 Å². The number of hydrazone groups is 1. The number of phenols is 1. The lowest BCUT2D eigenvalue weighted by Crippen LogP contribution is -2.21. The summed E-state index contributed by atoms with van der Waals surface area (Å²) in [6.07, 6.45) is 1.06. The first-order valence-corrected chi connectivity index (χ1v) is 10.3. The summed E-state index contributed by atoms with van der Waals surface area (Å²) in [5, 5.41) is 24.3. The first-order valence-electron chi connectivity index (χ1n) is 10.3. The summed E-state index contributed by atoms with van der Waals surface area (Å²) < 4.78 is 5.38. The Bertz CT molecular complexity index is 833. The second kappa shape index (κ2) is 11.8. The molecule has 1 amide bonds. The van der Waals surface area contributed by atoms with Gasteiger partial charge in [-0.2, -0.15) is 5.10 Å². The maximum absolute atomic E-state index is 12.0. The van der Waals surface area contributed by atoms with Crippen LogP contribution in [0.4, 0.5) is 5.69 Å². The van der Waals surface area contributed by atoms with Crippen molar-refractivity contribution in [2.24, 2.45) is 5.10 Å². The van der Waals surface area contributed by atoms with E-state index in [4.69, 9.17) is 4.74 Å². The quantitative estimate of drug-likeness (QED) is 0.387. The molecule has 0 bridgehead atoms. The minimum absolute atomic E-state index is 0.100. The standard InChI is InChI=1S/C23H31N3O4/c1-4-26(5-2)19-10-7-18(22(28)15-19)16-24-25-23(29)14-13-21(27)17-8-11-20(12-9-17)30-6-3/h7-12,15-16,21,27-28H,4-6,13-14H2,1-3H3,(H,25,29)/b24-16+. The largest absolute Gasteiger partial charge is 0.507 e. The SMILES string of the molecule is CCOc1ccc(C(O)CCC(=O)N/N=C/c2ccc(N(CC)CC)cc2O)cc1. The molecule has 7 heteroatoms. The first kappa shape index (κ1) is 23.2. The summed E-state index contributed by atoms with van der Waals surface area (Å²) in [6.45, 7) is 8.30. The van der Waals surface area contributed by atoms with Crippen LogP contribution in [0, 0.1) is 0 Å². The number of phenolic OH excluding ortho intramolecular Hbond substituents is 1. The van der Waals surface area contributed by atoms with Crippen LogP contribution in [0.3, 0.4) is 0 Å². The molecule has 0 saturated heterocycles. The molecule has 0 aromatic heterocycles. The Morgan fingerprint density at radius 2 is 1.87 bits per heavy atom. The molecule has 2 aromatic carbocycles. The predicted molar refractivity (Wildman–Crippen MR) is 119 cm³/mol. The Hall–Kier alpha value is -3.06. The van der Waals surface area contributed by atoms with Gasteiger partial charge in [0.2, 0.25) is 5.91 Å². The number of rotatable bonds is 11. The molecule has 0 spiro atoms. The highest BCUT2D eigenvalue weighted by Crippen LogP contribution is 2.24. The number of nitrogens with zero attached hydrogens (tertiary/aromatic N) is 2. The van der Waals surface area contributed by atoms with E-state index in [0.717, 1.165) is 30.1 Å². The lowest BCUT2D eigenvalue weighted by Gasteiger charge is -2.21. The third-order valence-electron chi connectivity index (χ3n) is 4.76. The van der Waals surface area contributed by atoms with Crippen molar-refractivity contribution in [3.8, 4) is 11.5 Å². The zero-order valence-corrected chi connectivity index (χ0v) is 17.8. The monoisotopic (exact) mass is 413 g/mol. The minimum atomic E-state index is -0.743. The van der Waals surface area contributed by atoms with E-state index in [1.807, 2.05) is 13.0 Å². The van der Waals surface area contributed by atoms with Gasteiger partial charge in [0.1, 0.15) is 11.5 Å². The van der Waals surface area contributed by atoms with E-state index in [9.17, 15) is 15.0 Å². The first-order chi connectivity index (χ1) is 14.5. The van der Waals surface area contributed by atoms with Gasteiger partial charge in [0, 0.05) is 36.8 Å². The average Bonchev–Trinajstić information content (AvgIpc) is 2.75. The minimum Gasteiger partial charge on any atom is -0.507 e. The van der Waals surface area contributed by atoms with Gasteiger partial charge in [0.25, 0.3) is 0 Å². The summed E-state index contributed by atoms with van der Waals surface area (Å²) in [4.78, 5) is 14.1. The van der Waals surface area contributed by atoms with Gasteiger partial charge in [-0.05, 0) is 57.0 Å². The molecule has 0 aliphatic rings. The zero-order chi connectivity index (χ0) is 21.9. The molecular formula is C23H31N3O4.